The topological polar surface area (TPSA) is 55.5 Å². The van der Waals surface area contributed by atoms with Crippen molar-refractivity contribution in [3.8, 4) is 5.75 Å². The number of rotatable bonds is 3. The highest BCUT2D eigenvalue weighted by Gasteiger charge is 2.42. The normalized spacial score (nSPS) is 22.9. The van der Waals surface area contributed by atoms with Crippen LogP contribution in [-0.2, 0) is 6.42 Å². The molecule has 1 aromatic carbocycles. The number of benzene rings is 1. The van der Waals surface area contributed by atoms with Crippen LogP contribution in [0.5, 0.6) is 5.75 Å². The first-order valence-corrected chi connectivity index (χ1v) is 7.67. The largest absolute Gasteiger partial charge is 0.493 e. The van der Waals surface area contributed by atoms with Crippen molar-refractivity contribution < 1.29 is 9.84 Å². The number of aryl methyl sites for hydroxylation is 1. The molecule has 3 nitrogen and oxygen atoms in total. The second kappa shape index (κ2) is 5.20. The van der Waals surface area contributed by atoms with Gasteiger partial charge in [0.25, 0.3) is 0 Å². The molecule has 1 aliphatic heterocycles. The van der Waals surface area contributed by atoms with Crippen molar-refractivity contribution in [1.29, 1.82) is 0 Å². The summed E-state index contributed by atoms with van der Waals surface area (Å²) in [5.74, 6) is 0.909. The molecule has 1 aliphatic rings. The van der Waals surface area contributed by atoms with Gasteiger partial charge in [-0.05, 0) is 42.0 Å². The van der Waals surface area contributed by atoms with Gasteiger partial charge in [0.05, 0.1) is 18.1 Å². The molecule has 0 aliphatic carbocycles. The summed E-state index contributed by atoms with van der Waals surface area (Å²) in [7, 11) is 0. The van der Waals surface area contributed by atoms with E-state index in [-0.39, 0.29) is 0 Å². The number of hydrogen-bond donors (Lipinski definition) is 2. The first-order valence-electron chi connectivity index (χ1n) is 6.79. The minimum atomic E-state index is -0.583. The molecule has 2 heterocycles. The molecule has 0 bridgehead atoms. The number of aliphatic hydroxyl groups excluding tert-OH is 1. The van der Waals surface area contributed by atoms with E-state index < -0.39 is 11.5 Å². The third-order valence-electron chi connectivity index (χ3n) is 4.17. The van der Waals surface area contributed by atoms with Gasteiger partial charge in [-0.3, -0.25) is 0 Å². The summed E-state index contributed by atoms with van der Waals surface area (Å²) in [4.78, 5) is 0.999. The molecule has 2 aromatic rings. The molecule has 0 fully saturated rings. The zero-order valence-electron chi connectivity index (χ0n) is 11.5. The van der Waals surface area contributed by atoms with Crippen LogP contribution in [0.25, 0.3) is 0 Å². The zero-order valence-corrected chi connectivity index (χ0v) is 12.3. The van der Waals surface area contributed by atoms with Gasteiger partial charge in [-0.25, -0.2) is 0 Å². The second-order valence-corrected chi connectivity index (χ2v) is 6.46. The van der Waals surface area contributed by atoms with E-state index >= 15 is 0 Å². The Labute approximate surface area is 123 Å². The smallest absolute Gasteiger partial charge is 0.122 e. The fraction of sp³-hybridized carbons (Fsp3) is 0.375. The van der Waals surface area contributed by atoms with Gasteiger partial charge >= 0.3 is 0 Å². The fourth-order valence-corrected chi connectivity index (χ4v) is 3.86. The Morgan fingerprint density at radius 3 is 2.90 bits per heavy atom. The monoisotopic (exact) mass is 289 g/mol. The third-order valence-corrected chi connectivity index (χ3v) is 5.24. The lowest BCUT2D eigenvalue weighted by Crippen LogP contribution is -2.46. The molecule has 2 unspecified atom stereocenters. The third kappa shape index (κ3) is 2.14. The molecule has 0 amide bonds. The average Bonchev–Trinajstić information content (AvgIpc) is 2.92. The highest BCUT2D eigenvalue weighted by molar-refractivity contribution is 7.10. The Balaban J connectivity index is 1.96. The fourth-order valence-electron chi connectivity index (χ4n) is 2.80. The highest BCUT2D eigenvalue weighted by atomic mass is 32.1. The SMILES string of the molecule is Cc1ccsc1C(O)C1(CN)COc2ccccc2C1. The van der Waals surface area contributed by atoms with Crippen molar-refractivity contribution in [3.05, 3.63) is 51.7 Å². The van der Waals surface area contributed by atoms with Crippen LogP contribution in [0.15, 0.2) is 35.7 Å². The molecule has 1 aromatic heterocycles. The Hall–Kier alpha value is -1.36. The van der Waals surface area contributed by atoms with E-state index in [0.29, 0.717) is 13.2 Å². The Morgan fingerprint density at radius 2 is 2.20 bits per heavy atom. The number of nitrogens with two attached hydrogens (primary N) is 1. The quantitative estimate of drug-likeness (QED) is 0.913. The van der Waals surface area contributed by atoms with E-state index in [1.165, 1.54) is 0 Å². The number of fused-ring (bicyclic) bond motifs is 1. The minimum absolute atomic E-state index is 0.403. The Kier molecular flexibility index (Phi) is 3.54. The van der Waals surface area contributed by atoms with Gasteiger partial charge in [-0.15, -0.1) is 11.3 Å². The van der Waals surface area contributed by atoms with Crippen molar-refractivity contribution in [1.82, 2.24) is 0 Å². The summed E-state index contributed by atoms with van der Waals surface area (Å²) in [5, 5.41) is 12.9. The molecule has 3 rings (SSSR count). The van der Waals surface area contributed by atoms with Crippen molar-refractivity contribution in [2.75, 3.05) is 13.2 Å². The van der Waals surface area contributed by atoms with Crippen molar-refractivity contribution in [3.63, 3.8) is 0 Å². The summed E-state index contributed by atoms with van der Waals surface area (Å²) < 4.78 is 5.85. The maximum absolute atomic E-state index is 10.8. The molecular weight excluding hydrogens is 270 g/mol. The Morgan fingerprint density at radius 1 is 1.40 bits per heavy atom. The first kappa shape index (κ1) is 13.6. The molecule has 106 valence electrons. The molecule has 2 atom stereocenters. The number of aliphatic hydroxyl groups is 1. The molecule has 0 saturated carbocycles. The van der Waals surface area contributed by atoms with Crippen LogP contribution >= 0.6 is 11.3 Å². The predicted octanol–water partition coefficient (Wildman–Crippen LogP) is 2.67. The van der Waals surface area contributed by atoms with E-state index in [1.807, 2.05) is 42.6 Å². The van der Waals surface area contributed by atoms with Gasteiger partial charge in [0.2, 0.25) is 0 Å². The number of thiophene rings is 1. The zero-order chi connectivity index (χ0) is 14.2. The van der Waals surface area contributed by atoms with Gasteiger partial charge in [-0.1, -0.05) is 18.2 Å². The Bertz CT molecular complexity index is 610. The number of hydrogen-bond acceptors (Lipinski definition) is 4. The maximum Gasteiger partial charge on any atom is 0.122 e. The van der Waals surface area contributed by atoms with Crippen molar-refractivity contribution in [2.45, 2.75) is 19.4 Å². The summed E-state index contributed by atoms with van der Waals surface area (Å²) in [6.07, 6.45) is 0.166. The molecular formula is C16H19NO2S. The maximum atomic E-state index is 10.8. The van der Waals surface area contributed by atoms with Crippen LogP contribution in [0.3, 0.4) is 0 Å². The molecule has 3 N–H and O–H groups in total. The van der Waals surface area contributed by atoms with Crippen LogP contribution in [-0.4, -0.2) is 18.3 Å². The molecule has 20 heavy (non-hydrogen) atoms. The number of ether oxygens (including phenoxy) is 1. The van der Waals surface area contributed by atoms with Crippen molar-refractivity contribution in [2.24, 2.45) is 11.1 Å². The van der Waals surface area contributed by atoms with E-state index in [2.05, 4.69) is 0 Å². The summed E-state index contributed by atoms with van der Waals surface area (Å²) >= 11 is 1.59. The van der Waals surface area contributed by atoms with Gasteiger partial charge in [0, 0.05) is 11.4 Å². The summed E-state index contributed by atoms with van der Waals surface area (Å²) in [5.41, 5.74) is 7.82. The van der Waals surface area contributed by atoms with E-state index in [9.17, 15) is 5.11 Å². The van der Waals surface area contributed by atoms with Crippen LogP contribution in [0, 0.1) is 12.3 Å². The van der Waals surface area contributed by atoms with Crippen LogP contribution in [0.1, 0.15) is 22.1 Å². The minimum Gasteiger partial charge on any atom is -0.493 e. The lowest BCUT2D eigenvalue weighted by Gasteiger charge is -2.40. The van der Waals surface area contributed by atoms with Gasteiger partial charge in [0.15, 0.2) is 0 Å². The molecule has 4 heteroatoms. The van der Waals surface area contributed by atoms with Crippen LogP contribution in [0.2, 0.25) is 0 Å². The van der Waals surface area contributed by atoms with Crippen LogP contribution < -0.4 is 10.5 Å². The predicted molar refractivity (Wildman–Crippen MR) is 81.1 cm³/mol. The van der Waals surface area contributed by atoms with E-state index in [4.69, 9.17) is 10.5 Å². The summed E-state index contributed by atoms with van der Waals surface area (Å²) in [6, 6.07) is 10.0. The van der Waals surface area contributed by atoms with Gasteiger partial charge < -0.3 is 15.6 Å². The highest BCUT2D eigenvalue weighted by Crippen LogP contribution is 2.44. The lowest BCUT2D eigenvalue weighted by molar-refractivity contribution is -0.0143. The standard InChI is InChI=1S/C16H19NO2S/c1-11-6-7-20-14(11)15(18)16(9-17)8-12-4-2-3-5-13(12)19-10-16/h2-7,15,18H,8-10,17H2,1H3. The average molecular weight is 289 g/mol. The van der Waals surface area contributed by atoms with E-state index in [0.717, 1.165) is 28.2 Å². The second-order valence-electron chi connectivity index (χ2n) is 5.51. The lowest BCUT2D eigenvalue weighted by atomic mass is 9.75. The molecule has 0 spiro atoms. The number of para-hydroxylation sites is 1. The van der Waals surface area contributed by atoms with Gasteiger partial charge in [0.1, 0.15) is 5.75 Å². The van der Waals surface area contributed by atoms with Crippen LogP contribution in [0.4, 0.5) is 0 Å². The van der Waals surface area contributed by atoms with Crippen molar-refractivity contribution >= 4 is 11.3 Å². The van der Waals surface area contributed by atoms with Gasteiger partial charge in [-0.2, -0.15) is 0 Å². The molecule has 0 radical (unpaired) electrons. The summed E-state index contributed by atoms with van der Waals surface area (Å²) in [6.45, 7) is 2.88. The molecule has 0 saturated heterocycles. The first-order chi connectivity index (χ1) is 9.66. The van der Waals surface area contributed by atoms with E-state index in [1.54, 1.807) is 11.3 Å².